The highest BCUT2D eigenvalue weighted by Gasteiger charge is 2.11. The number of pyridine rings is 1. The summed E-state index contributed by atoms with van der Waals surface area (Å²) in [5, 5.41) is 12.7. The molecule has 1 rings (SSSR count). The molecule has 1 atom stereocenters. The number of carbonyl (C=O) groups is 1. The van der Waals surface area contributed by atoms with E-state index in [0.717, 1.165) is 10.8 Å². The lowest BCUT2D eigenvalue weighted by Gasteiger charge is -2.13. The fourth-order valence-corrected chi connectivity index (χ4v) is 1.88. The highest BCUT2D eigenvalue weighted by molar-refractivity contribution is 7.99. The number of aromatic nitrogens is 1. The quantitative estimate of drug-likeness (QED) is 0.758. The summed E-state index contributed by atoms with van der Waals surface area (Å²) in [6.07, 6.45) is 2.27. The van der Waals surface area contributed by atoms with E-state index < -0.39 is 0 Å². The Morgan fingerprint density at radius 2 is 2.29 bits per heavy atom. The van der Waals surface area contributed by atoms with Gasteiger partial charge in [0.2, 0.25) is 0 Å². The molecule has 1 heterocycles. The molecule has 0 aliphatic heterocycles. The molecule has 1 aromatic heterocycles. The summed E-state index contributed by atoms with van der Waals surface area (Å²) in [6.45, 7) is 3.93. The lowest BCUT2D eigenvalue weighted by atomic mass is 10.2. The minimum absolute atomic E-state index is 0.0422. The molecule has 0 aliphatic rings. The van der Waals surface area contributed by atoms with E-state index in [0.29, 0.717) is 12.0 Å². The predicted octanol–water partition coefficient (Wildman–Crippen LogP) is 1.69. The summed E-state index contributed by atoms with van der Waals surface area (Å²) in [5.74, 6) is 0.771. The minimum atomic E-state index is -0.188. The number of nitrogens with zero attached hydrogens (tertiary/aromatic N) is 1. The SMILES string of the molecule is CCSc1ccc(C(=O)NC(CC)CO)cn1. The van der Waals surface area contributed by atoms with Gasteiger partial charge in [0, 0.05) is 6.20 Å². The van der Waals surface area contributed by atoms with Crippen LogP contribution < -0.4 is 5.32 Å². The number of amides is 1. The van der Waals surface area contributed by atoms with Crippen molar-refractivity contribution in [3.8, 4) is 0 Å². The molecule has 2 N–H and O–H groups in total. The van der Waals surface area contributed by atoms with E-state index in [1.54, 1.807) is 24.0 Å². The third-order valence-electron chi connectivity index (χ3n) is 2.34. The van der Waals surface area contributed by atoms with Crippen LogP contribution in [0.5, 0.6) is 0 Å². The first-order valence-corrected chi connectivity index (χ1v) is 6.70. The lowest BCUT2D eigenvalue weighted by molar-refractivity contribution is 0.0914. The van der Waals surface area contributed by atoms with Crippen LogP contribution in [-0.2, 0) is 0 Å². The number of aliphatic hydroxyl groups is 1. The summed E-state index contributed by atoms with van der Waals surface area (Å²) >= 11 is 1.64. The molecule has 1 unspecified atom stereocenters. The Bertz CT molecular complexity index is 350. The maximum atomic E-state index is 11.8. The van der Waals surface area contributed by atoms with Crippen LogP contribution in [0.15, 0.2) is 23.4 Å². The summed E-state index contributed by atoms with van der Waals surface area (Å²) in [5.41, 5.74) is 0.525. The number of thioether (sulfide) groups is 1. The first-order chi connectivity index (χ1) is 8.21. The van der Waals surface area contributed by atoms with Crippen LogP contribution in [0, 0.1) is 0 Å². The number of hydrogen-bond acceptors (Lipinski definition) is 4. The normalized spacial score (nSPS) is 12.2. The van der Waals surface area contributed by atoms with Crippen molar-refractivity contribution >= 4 is 17.7 Å². The van der Waals surface area contributed by atoms with E-state index in [9.17, 15) is 4.79 Å². The number of carbonyl (C=O) groups excluding carboxylic acids is 1. The number of rotatable bonds is 6. The second kappa shape index (κ2) is 7.29. The van der Waals surface area contributed by atoms with Gasteiger partial charge in [0.25, 0.3) is 5.91 Å². The van der Waals surface area contributed by atoms with Gasteiger partial charge >= 0.3 is 0 Å². The second-order valence-corrected chi connectivity index (χ2v) is 4.86. The summed E-state index contributed by atoms with van der Waals surface area (Å²) in [4.78, 5) is 16.0. The van der Waals surface area contributed by atoms with Crippen LogP contribution in [0.3, 0.4) is 0 Å². The monoisotopic (exact) mass is 254 g/mol. The first-order valence-electron chi connectivity index (χ1n) is 5.71. The average Bonchev–Trinajstić information content (AvgIpc) is 2.37. The molecule has 0 bridgehead atoms. The fourth-order valence-electron chi connectivity index (χ4n) is 1.29. The predicted molar refractivity (Wildman–Crippen MR) is 69.3 cm³/mol. The Labute approximate surface area is 106 Å². The Morgan fingerprint density at radius 3 is 2.76 bits per heavy atom. The van der Waals surface area contributed by atoms with Crippen molar-refractivity contribution in [1.29, 1.82) is 0 Å². The van der Waals surface area contributed by atoms with E-state index in [-0.39, 0.29) is 18.6 Å². The molecule has 0 aromatic carbocycles. The third kappa shape index (κ3) is 4.36. The van der Waals surface area contributed by atoms with Gasteiger partial charge in [-0.3, -0.25) is 4.79 Å². The minimum Gasteiger partial charge on any atom is -0.394 e. The molecule has 4 nitrogen and oxygen atoms in total. The Kier molecular flexibility index (Phi) is 6.00. The van der Waals surface area contributed by atoms with Gasteiger partial charge in [-0.2, -0.15) is 0 Å². The van der Waals surface area contributed by atoms with Crippen molar-refractivity contribution in [3.63, 3.8) is 0 Å². The highest BCUT2D eigenvalue weighted by atomic mass is 32.2. The van der Waals surface area contributed by atoms with Crippen molar-refractivity contribution in [2.45, 2.75) is 31.3 Å². The van der Waals surface area contributed by atoms with Crippen molar-refractivity contribution in [2.75, 3.05) is 12.4 Å². The third-order valence-corrected chi connectivity index (χ3v) is 3.17. The molecule has 0 aliphatic carbocycles. The standard InChI is InChI=1S/C12H18N2O2S/c1-3-10(8-15)14-12(16)9-5-6-11(13-7-9)17-4-2/h5-7,10,15H,3-4,8H2,1-2H3,(H,14,16). The Balaban J connectivity index is 2.63. The number of aliphatic hydroxyl groups excluding tert-OH is 1. The van der Waals surface area contributed by atoms with Gasteiger partial charge in [-0.05, 0) is 24.3 Å². The topological polar surface area (TPSA) is 62.2 Å². The largest absolute Gasteiger partial charge is 0.394 e. The molecule has 1 aromatic rings. The zero-order chi connectivity index (χ0) is 12.7. The van der Waals surface area contributed by atoms with Crippen LogP contribution in [-0.4, -0.2) is 34.4 Å². The molecule has 94 valence electrons. The zero-order valence-corrected chi connectivity index (χ0v) is 11.0. The summed E-state index contributed by atoms with van der Waals surface area (Å²) < 4.78 is 0. The van der Waals surface area contributed by atoms with Crippen LogP contribution in [0.1, 0.15) is 30.6 Å². The Hall–Kier alpha value is -1.07. The van der Waals surface area contributed by atoms with Crippen LogP contribution in [0.2, 0.25) is 0 Å². The highest BCUT2D eigenvalue weighted by Crippen LogP contribution is 2.14. The van der Waals surface area contributed by atoms with E-state index in [2.05, 4.69) is 17.2 Å². The van der Waals surface area contributed by atoms with E-state index in [1.807, 2.05) is 13.0 Å². The van der Waals surface area contributed by atoms with Gasteiger partial charge in [-0.25, -0.2) is 4.98 Å². The number of nitrogens with one attached hydrogen (secondary N) is 1. The van der Waals surface area contributed by atoms with Crippen molar-refractivity contribution in [1.82, 2.24) is 10.3 Å². The van der Waals surface area contributed by atoms with Crippen LogP contribution in [0.4, 0.5) is 0 Å². The van der Waals surface area contributed by atoms with Gasteiger partial charge in [-0.1, -0.05) is 13.8 Å². The van der Waals surface area contributed by atoms with E-state index in [4.69, 9.17) is 5.11 Å². The van der Waals surface area contributed by atoms with E-state index >= 15 is 0 Å². The maximum Gasteiger partial charge on any atom is 0.253 e. The van der Waals surface area contributed by atoms with Gasteiger partial charge < -0.3 is 10.4 Å². The van der Waals surface area contributed by atoms with E-state index in [1.165, 1.54) is 0 Å². The van der Waals surface area contributed by atoms with Crippen molar-refractivity contribution in [2.24, 2.45) is 0 Å². The van der Waals surface area contributed by atoms with Crippen molar-refractivity contribution < 1.29 is 9.90 Å². The first kappa shape index (κ1) is 14.0. The average molecular weight is 254 g/mol. The van der Waals surface area contributed by atoms with Gasteiger partial charge in [0.05, 0.1) is 23.2 Å². The fraction of sp³-hybridized carbons (Fsp3) is 0.500. The molecule has 5 heteroatoms. The smallest absolute Gasteiger partial charge is 0.253 e. The zero-order valence-electron chi connectivity index (χ0n) is 10.1. The molecular formula is C12H18N2O2S. The van der Waals surface area contributed by atoms with Crippen LogP contribution >= 0.6 is 11.8 Å². The van der Waals surface area contributed by atoms with Gasteiger partial charge in [0.1, 0.15) is 0 Å². The maximum absolute atomic E-state index is 11.8. The number of hydrogen-bond donors (Lipinski definition) is 2. The van der Waals surface area contributed by atoms with Gasteiger partial charge in [0.15, 0.2) is 0 Å². The summed E-state index contributed by atoms with van der Waals surface area (Å²) in [7, 11) is 0. The Morgan fingerprint density at radius 1 is 1.53 bits per heavy atom. The van der Waals surface area contributed by atoms with Crippen LogP contribution in [0.25, 0.3) is 0 Å². The second-order valence-electron chi connectivity index (χ2n) is 3.58. The molecular weight excluding hydrogens is 236 g/mol. The molecule has 0 spiro atoms. The molecule has 0 saturated heterocycles. The van der Waals surface area contributed by atoms with Crippen molar-refractivity contribution in [3.05, 3.63) is 23.9 Å². The molecule has 1 amide bonds. The van der Waals surface area contributed by atoms with Gasteiger partial charge in [-0.15, -0.1) is 11.8 Å². The summed E-state index contributed by atoms with van der Waals surface area (Å²) in [6, 6.07) is 3.40. The molecule has 0 fully saturated rings. The molecule has 0 radical (unpaired) electrons. The molecule has 0 saturated carbocycles. The molecule has 17 heavy (non-hydrogen) atoms. The lowest BCUT2D eigenvalue weighted by Crippen LogP contribution is -2.36.